The number of aliphatic carboxylic acids is 1. The van der Waals surface area contributed by atoms with Crippen molar-refractivity contribution < 1.29 is 33.7 Å². The molecule has 154 valence electrons. The molecule has 0 aliphatic carbocycles. The number of amides is 2. The summed E-state index contributed by atoms with van der Waals surface area (Å²) in [4.78, 5) is 42.7. The first-order chi connectivity index (χ1) is 13.7. The number of aliphatic hydroxyl groups excluding tert-OH is 1. The van der Waals surface area contributed by atoms with E-state index in [-0.39, 0.29) is 23.8 Å². The van der Waals surface area contributed by atoms with Crippen LogP contribution in [-0.2, 0) is 14.3 Å². The van der Waals surface area contributed by atoms with Gasteiger partial charge in [-0.05, 0) is 13.0 Å². The van der Waals surface area contributed by atoms with Crippen molar-refractivity contribution in [2.45, 2.75) is 31.4 Å². The van der Waals surface area contributed by atoms with Crippen LogP contribution in [0.4, 0.5) is 14.9 Å². The Hall–Kier alpha value is -2.66. The monoisotopic (exact) mass is 423 g/mol. The Labute approximate surface area is 169 Å². The van der Waals surface area contributed by atoms with Gasteiger partial charge in [-0.15, -0.1) is 0 Å². The molecule has 2 N–H and O–H groups in total. The maximum Gasteiger partial charge on any atom is 0.415 e. The third kappa shape index (κ3) is 3.04. The van der Waals surface area contributed by atoms with E-state index in [9.17, 15) is 29.0 Å². The summed E-state index contributed by atoms with van der Waals surface area (Å²) in [7, 11) is 0. The van der Waals surface area contributed by atoms with E-state index >= 15 is 0 Å². The van der Waals surface area contributed by atoms with E-state index in [0.717, 1.165) is 17.8 Å². The predicted octanol–water partition coefficient (Wildman–Crippen LogP) is 1.39. The number of aliphatic hydroxyl groups is 1. The smallest absolute Gasteiger partial charge is 0.415 e. The number of pyridine rings is 1. The zero-order valence-electron chi connectivity index (χ0n) is 15.5. The number of carbonyl (C=O) groups is 3. The number of carboxylic acid groups (broad SMARTS) is 1. The van der Waals surface area contributed by atoms with E-state index < -0.39 is 47.4 Å². The van der Waals surface area contributed by atoms with Crippen molar-refractivity contribution in [2.75, 3.05) is 11.4 Å². The molecule has 11 heteroatoms. The highest BCUT2D eigenvalue weighted by Gasteiger charge is 2.60. The molecule has 0 radical (unpaired) electrons. The second-order valence-electron chi connectivity index (χ2n) is 7.15. The normalized spacial score (nSPS) is 29.7. The van der Waals surface area contributed by atoms with Gasteiger partial charge in [-0.25, -0.2) is 14.6 Å². The molecular weight excluding hydrogens is 405 g/mol. The van der Waals surface area contributed by atoms with Gasteiger partial charge in [0.25, 0.3) is 0 Å². The third-order valence-corrected chi connectivity index (χ3v) is 6.70. The number of aromatic nitrogens is 1. The molecule has 0 spiro atoms. The molecule has 1 aromatic heterocycles. The van der Waals surface area contributed by atoms with E-state index in [1.807, 2.05) is 0 Å². The van der Waals surface area contributed by atoms with Crippen LogP contribution in [0.1, 0.15) is 13.8 Å². The molecule has 29 heavy (non-hydrogen) atoms. The molecule has 2 fully saturated rings. The standard InChI is InChI=1S/C18H18FN3O6S/c1-7-13-12(8(2)23)16(24)22(13)14(17(25)26)15(7)29-11-6-21(18(27)28-11)9-3-4-20-10(19)5-9/h3-5,7-8,11-13,23H,6H2,1-2H3,(H,25,26)/t7?,8?,11-,12?,13?/m1/s1. The van der Waals surface area contributed by atoms with Gasteiger partial charge in [0.1, 0.15) is 5.70 Å². The molecule has 3 aliphatic heterocycles. The lowest BCUT2D eigenvalue weighted by molar-refractivity contribution is -0.163. The summed E-state index contributed by atoms with van der Waals surface area (Å²) in [5.41, 5.74) is -0.589. The summed E-state index contributed by atoms with van der Waals surface area (Å²) in [6.45, 7) is 3.36. The van der Waals surface area contributed by atoms with Gasteiger partial charge in [0.05, 0.1) is 30.3 Å². The number of thioether (sulfide) groups is 1. The second-order valence-corrected chi connectivity index (χ2v) is 8.35. The van der Waals surface area contributed by atoms with Crippen molar-refractivity contribution in [1.29, 1.82) is 0 Å². The van der Waals surface area contributed by atoms with E-state index in [0.29, 0.717) is 4.91 Å². The minimum atomic E-state index is -1.25. The maximum absolute atomic E-state index is 13.4. The van der Waals surface area contributed by atoms with Crippen LogP contribution in [-0.4, -0.2) is 62.2 Å². The van der Waals surface area contributed by atoms with Crippen LogP contribution in [0.25, 0.3) is 0 Å². The average Bonchev–Trinajstić information content (AvgIpc) is 3.11. The van der Waals surface area contributed by atoms with Gasteiger partial charge in [-0.2, -0.15) is 4.39 Å². The Morgan fingerprint density at radius 1 is 1.45 bits per heavy atom. The minimum Gasteiger partial charge on any atom is -0.477 e. The number of rotatable bonds is 5. The van der Waals surface area contributed by atoms with Gasteiger partial charge >= 0.3 is 12.1 Å². The average molecular weight is 423 g/mol. The zero-order chi connectivity index (χ0) is 21.0. The predicted molar refractivity (Wildman–Crippen MR) is 99.0 cm³/mol. The SMILES string of the molecule is CC(O)C1C(=O)N2C(C(=O)O)=C(S[C@@H]3CN(c4ccnc(F)c4)C(=O)O3)C(C)C12. The summed E-state index contributed by atoms with van der Waals surface area (Å²) >= 11 is 1.06. The van der Waals surface area contributed by atoms with Crippen molar-refractivity contribution >= 4 is 35.4 Å². The van der Waals surface area contributed by atoms with Crippen LogP contribution < -0.4 is 4.90 Å². The molecule has 1 aromatic rings. The molecule has 4 heterocycles. The molecule has 0 bridgehead atoms. The van der Waals surface area contributed by atoms with Crippen molar-refractivity contribution in [2.24, 2.45) is 11.8 Å². The van der Waals surface area contributed by atoms with Crippen molar-refractivity contribution in [3.8, 4) is 0 Å². The van der Waals surface area contributed by atoms with Crippen LogP contribution in [0.15, 0.2) is 28.9 Å². The number of carboxylic acids is 1. The van der Waals surface area contributed by atoms with Crippen LogP contribution in [0.2, 0.25) is 0 Å². The van der Waals surface area contributed by atoms with Crippen LogP contribution in [0.3, 0.4) is 0 Å². The molecule has 2 amide bonds. The number of halogens is 1. The highest BCUT2D eigenvalue weighted by atomic mass is 32.2. The number of hydrogen-bond donors (Lipinski definition) is 2. The quantitative estimate of drug-likeness (QED) is 0.539. The first kappa shape index (κ1) is 19.6. The minimum absolute atomic E-state index is 0.0779. The van der Waals surface area contributed by atoms with Crippen LogP contribution >= 0.6 is 11.8 Å². The molecule has 2 saturated heterocycles. The topological polar surface area (TPSA) is 120 Å². The van der Waals surface area contributed by atoms with Gasteiger partial charge in [-0.1, -0.05) is 18.7 Å². The Balaban J connectivity index is 1.57. The lowest BCUT2D eigenvalue weighted by atomic mass is 9.79. The highest BCUT2D eigenvalue weighted by Crippen LogP contribution is 2.51. The van der Waals surface area contributed by atoms with Crippen molar-refractivity contribution in [3.05, 3.63) is 34.9 Å². The van der Waals surface area contributed by atoms with Gasteiger partial charge < -0.3 is 19.8 Å². The number of ether oxygens (including phenoxy) is 1. The Bertz CT molecular complexity index is 938. The lowest BCUT2D eigenvalue weighted by Crippen LogP contribution is -2.63. The Morgan fingerprint density at radius 2 is 2.17 bits per heavy atom. The van der Waals surface area contributed by atoms with E-state index in [1.165, 1.54) is 29.0 Å². The second kappa shape index (κ2) is 6.99. The molecule has 4 rings (SSSR count). The highest BCUT2D eigenvalue weighted by molar-refractivity contribution is 8.03. The number of anilines is 1. The fraction of sp³-hybridized carbons (Fsp3) is 0.444. The summed E-state index contributed by atoms with van der Waals surface area (Å²) in [5.74, 6) is -3.42. The fourth-order valence-corrected chi connectivity index (χ4v) is 5.38. The summed E-state index contributed by atoms with van der Waals surface area (Å²) in [6.07, 6.45) is -0.348. The summed E-state index contributed by atoms with van der Waals surface area (Å²) in [5, 5.41) is 19.5. The fourth-order valence-electron chi connectivity index (χ4n) is 4.09. The van der Waals surface area contributed by atoms with Crippen molar-refractivity contribution in [3.63, 3.8) is 0 Å². The Kier molecular flexibility index (Phi) is 4.74. The molecule has 3 aliphatic rings. The molecule has 0 saturated carbocycles. The third-order valence-electron chi connectivity index (χ3n) is 5.38. The van der Waals surface area contributed by atoms with Gasteiger partial charge in [0.2, 0.25) is 11.9 Å². The number of nitrogens with zero attached hydrogens (tertiary/aromatic N) is 3. The van der Waals surface area contributed by atoms with Crippen molar-refractivity contribution in [1.82, 2.24) is 9.88 Å². The Morgan fingerprint density at radius 3 is 2.79 bits per heavy atom. The number of β-lactam (4-membered cyclic amide) rings is 1. The van der Waals surface area contributed by atoms with Crippen LogP contribution in [0.5, 0.6) is 0 Å². The number of carbonyl (C=O) groups excluding carboxylic acids is 2. The summed E-state index contributed by atoms with van der Waals surface area (Å²) < 4.78 is 18.7. The van der Waals surface area contributed by atoms with E-state index in [4.69, 9.17) is 4.74 Å². The van der Waals surface area contributed by atoms with Crippen LogP contribution in [0, 0.1) is 17.8 Å². The number of hydrogen-bond acceptors (Lipinski definition) is 7. The van der Waals surface area contributed by atoms with E-state index in [2.05, 4.69) is 4.98 Å². The number of fused-ring (bicyclic) bond motifs is 1. The van der Waals surface area contributed by atoms with E-state index in [1.54, 1.807) is 6.92 Å². The molecule has 0 aromatic carbocycles. The molecule has 9 nitrogen and oxygen atoms in total. The van der Waals surface area contributed by atoms with Gasteiger partial charge in [0, 0.05) is 23.1 Å². The van der Waals surface area contributed by atoms with Gasteiger partial charge in [0.15, 0.2) is 5.44 Å². The van der Waals surface area contributed by atoms with Gasteiger partial charge in [-0.3, -0.25) is 9.69 Å². The number of cyclic esters (lactones) is 1. The first-order valence-corrected chi connectivity index (χ1v) is 9.83. The largest absolute Gasteiger partial charge is 0.477 e. The maximum atomic E-state index is 13.4. The zero-order valence-corrected chi connectivity index (χ0v) is 16.3. The first-order valence-electron chi connectivity index (χ1n) is 8.95. The lowest BCUT2D eigenvalue weighted by Gasteiger charge is -2.46. The molecular formula is C18H18FN3O6S. The summed E-state index contributed by atoms with van der Waals surface area (Å²) in [6, 6.07) is 2.13. The molecule has 4 unspecified atom stereocenters. The molecule has 5 atom stereocenters.